The van der Waals surface area contributed by atoms with Gasteiger partial charge in [0.25, 0.3) is 0 Å². The van der Waals surface area contributed by atoms with Crippen LogP contribution in [-0.2, 0) is 4.79 Å². The highest BCUT2D eigenvalue weighted by Gasteiger charge is 2.30. The van der Waals surface area contributed by atoms with Crippen molar-refractivity contribution in [1.82, 2.24) is 14.8 Å². The van der Waals surface area contributed by atoms with E-state index < -0.39 is 5.25 Å². The van der Waals surface area contributed by atoms with Crippen molar-refractivity contribution in [3.8, 4) is 11.5 Å². The number of methoxy groups -OCH3 is 2. The van der Waals surface area contributed by atoms with Gasteiger partial charge < -0.3 is 14.8 Å². The number of hydrogen-bond acceptors (Lipinski definition) is 6. The molecule has 1 amide bonds. The first-order valence-electron chi connectivity index (χ1n) is 7.90. The van der Waals surface area contributed by atoms with E-state index in [0.717, 1.165) is 12.8 Å². The first-order valence-corrected chi connectivity index (χ1v) is 8.78. The van der Waals surface area contributed by atoms with Gasteiger partial charge in [-0.05, 0) is 31.9 Å². The molecule has 1 atom stereocenters. The highest BCUT2D eigenvalue weighted by atomic mass is 32.2. The Balaban J connectivity index is 1.68. The van der Waals surface area contributed by atoms with Crippen LogP contribution < -0.4 is 20.5 Å². The lowest BCUT2D eigenvalue weighted by atomic mass is 10.2. The average Bonchev–Trinajstić information content (AvgIpc) is 3.38. The summed E-state index contributed by atoms with van der Waals surface area (Å²) in [5.41, 5.74) is 0.384. The summed E-state index contributed by atoms with van der Waals surface area (Å²) < 4.78 is 12.0. The molecule has 1 aliphatic rings. The summed E-state index contributed by atoms with van der Waals surface area (Å²) in [5.74, 6) is 0.943. The van der Waals surface area contributed by atoms with Gasteiger partial charge in [-0.15, -0.1) is 5.10 Å². The number of rotatable bonds is 7. The van der Waals surface area contributed by atoms with Crippen molar-refractivity contribution in [2.45, 2.75) is 36.2 Å². The fourth-order valence-corrected chi connectivity index (χ4v) is 3.32. The molecule has 134 valence electrons. The molecule has 1 aliphatic carbocycles. The molecule has 0 unspecified atom stereocenters. The second-order valence-corrected chi connectivity index (χ2v) is 7.04. The van der Waals surface area contributed by atoms with Crippen LogP contribution in [0.25, 0.3) is 0 Å². The van der Waals surface area contributed by atoms with Crippen LogP contribution in [0.3, 0.4) is 0 Å². The number of anilines is 1. The van der Waals surface area contributed by atoms with E-state index in [-0.39, 0.29) is 17.6 Å². The highest BCUT2D eigenvalue weighted by Crippen LogP contribution is 2.37. The Morgan fingerprint density at radius 3 is 2.72 bits per heavy atom. The largest absolute Gasteiger partial charge is 0.493 e. The number of amides is 1. The monoisotopic (exact) mass is 364 g/mol. The Bertz CT molecular complexity index is 828. The van der Waals surface area contributed by atoms with Crippen molar-refractivity contribution in [2.75, 3.05) is 19.5 Å². The van der Waals surface area contributed by atoms with Crippen LogP contribution in [0.5, 0.6) is 11.5 Å². The van der Waals surface area contributed by atoms with E-state index in [1.54, 1.807) is 36.8 Å². The van der Waals surface area contributed by atoms with Crippen LogP contribution in [0.2, 0.25) is 0 Å². The summed E-state index contributed by atoms with van der Waals surface area (Å²) in [6.07, 6.45) is 1.94. The maximum absolute atomic E-state index is 12.4. The van der Waals surface area contributed by atoms with Gasteiger partial charge in [0.05, 0.1) is 19.5 Å². The van der Waals surface area contributed by atoms with Gasteiger partial charge in [-0.3, -0.25) is 9.36 Å². The summed E-state index contributed by atoms with van der Waals surface area (Å²) in [6.45, 7) is 1.77. The van der Waals surface area contributed by atoms with Gasteiger partial charge >= 0.3 is 5.69 Å². The molecule has 0 radical (unpaired) electrons. The lowest BCUT2D eigenvalue weighted by Gasteiger charge is -2.13. The summed E-state index contributed by atoms with van der Waals surface area (Å²) in [7, 11) is 3.09. The van der Waals surface area contributed by atoms with Crippen LogP contribution in [-0.4, -0.2) is 40.1 Å². The second kappa shape index (κ2) is 7.22. The molecule has 2 N–H and O–H groups in total. The number of carbonyl (C=O) groups is 1. The van der Waals surface area contributed by atoms with Gasteiger partial charge in [-0.25, -0.2) is 9.89 Å². The predicted octanol–water partition coefficient (Wildman–Crippen LogP) is 2.04. The molecular weight excluding hydrogens is 344 g/mol. The Kier molecular flexibility index (Phi) is 5.03. The molecule has 1 saturated carbocycles. The predicted molar refractivity (Wildman–Crippen MR) is 94.6 cm³/mol. The van der Waals surface area contributed by atoms with Gasteiger partial charge in [0.15, 0.2) is 16.7 Å². The normalized spacial score (nSPS) is 14.8. The smallest absolute Gasteiger partial charge is 0.344 e. The minimum Gasteiger partial charge on any atom is -0.493 e. The Morgan fingerprint density at radius 2 is 2.08 bits per heavy atom. The number of aromatic amines is 1. The molecular formula is C16H20N4O4S. The first kappa shape index (κ1) is 17.4. The number of ether oxygens (including phenoxy) is 2. The van der Waals surface area contributed by atoms with Crippen molar-refractivity contribution < 1.29 is 14.3 Å². The molecule has 1 aromatic heterocycles. The summed E-state index contributed by atoms with van der Waals surface area (Å²) in [4.78, 5) is 24.2. The zero-order valence-electron chi connectivity index (χ0n) is 14.2. The Hall–Kier alpha value is -2.42. The number of nitrogens with one attached hydrogen (secondary N) is 2. The second-order valence-electron chi connectivity index (χ2n) is 5.73. The van der Waals surface area contributed by atoms with Crippen LogP contribution in [0, 0.1) is 0 Å². The van der Waals surface area contributed by atoms with Gasteiger partial charge in [-0.1, -0.05) is 11.8 Å². The Morgan fingerprint density at radius 1 is 1.36 bits per heavy atom. The third-order valence-electron chi connectivity index (χ3n) is 3.89. The number of thioether (sulfide) groups is 1. The lowest BCUT2D eigenvalue weighted by Crippen LogP contribution is -2.23. The lowest BCUT2D eigenvalue weighted by molar-refractivity contribution is -0.115. The van der Waals surface area contributed by atoms with Gasteiger partial charge in [-0.2, -0.15) is 0 Å². The minimum absolute atomic E-state index is 0.185. The molecule has 2 aromatic rings. The van der Waals surface area contributed by atoms with Crippen LogP contribution in [0.4, 0.5) is 5.69 Å². The van der Waals surface area contributed by atoms with Crippen LogP contribution >= 0.6 is 11.8 Å². The summed E-state index contributed by atoms with van der Waals surface area (Å²) in [6, 6.07) is 5.37. The molecule has 8 nitrogen and oxygen atoms in total. The van der Waals surface area contributed by atoms with Gasteiger partial charge in [0.1, 0.15) is 0 Å². The van der Waals surface area contributed by atoms with Crippen molar-refractivity contribution in [3.63, 3.8) is 0 Å². The van der Waals surface area contributed by atoms with E-state index in [1.807, 2.05) is 0 Å². The van der Waals surface area contributed by atoms with E-state index in [4.69, 9.17) is 9.47 Å². The number of carbonyl (C=O) groups excluding carboxylic acids is 1. The average molecular weight is 364 g/mol. The summed E-state index contributed by atoms with van der Waals surface area (Å²) in [5, 5.41) is 9.45. The molecule has 9 heteroatoms. The number of nitrogens with zero attached hydrogens (tertiary/aromatic N) is 2. The molecule has 3 rings (SSSR count). The Labute approximate surface area is 148 Å². The highest BCUT2D eigenvalue weighted by molar-refractivity contribution is 8.00. The number of H-pyrrole nitrogens is 1. The zero-order valence-corrected chi connectivity index (χ0v) is 15.1. The van der Waals surface area contributed by atoms with Crippen molar-refractivity contribution >= 4 is 23.4 Å². The van der Waals surface area contributed by atoms with Crippen molar-refractivity contribution in [1.29, 1.82) is 0 Å². The number of aromatic nitrogens is 3. The third kappa shape index (κ3) is 3.81. The van der Waals surface area contributed by atoms with E-state index in [9.17, 15) is 9.59 Å². The molecule has 0 bridgehead atoms. The molecule has 0 spiro atoms. The van der Waals surface area contributed by atoms with Gasteiger partial charge in [0.2, 0.25) is 5.91 Å². The SMILES string of the molecule is COc1ccc(NC(=O)[C@H](C)Sc2n[nH]c(=O)n2C2CC2)cc1OC. The molecule has 0 saturated heterocycles. The molecule has 1 aromatic carbocycles. The fraction of sp³-hybridized carbons (Fsp3) is 0.438. The van der Waals surface area contributed by atoms with Crippen molar-refractivity contribution in [3.05, 3.63) is 28.7 Å². The first-order chi connectivity index (χ1) is 12.0. The summed E-state index contributed by atoms with van der Waals surface area (Å²) >= 11 is 1.26. The molecule has 1 heterocycles. The molecule has 25 heavy (non-hydrogen) atoms. The van der Waals surface area contributed by atoms with E-state index in [1.165, 1.54) is 18.9 Å². The van der Waals surface area contributed by atoms with Crippen molar-refractivity contribution in [2.24, 2.45) is 0 Å². The van der Waals surface area contributed by atoms with Gasteiger partial charge in [0, 0.05) is 17.8 Å². The number of hydrogen-bond donors (Lipinski definition) is 2. The van der Waals surface area contributed by atoms with E-state index >= 15 is 0 Å². The molecule has 0 aliphatic heterocycles. The van der Waals surface area contributed by atoms with Crippen LogP contribution in [0.15, 0.2) is 28.2 Å². The zero-order chi connectivity index (χ0) is 18.0. The maximum atomic E-state index is 12.4. The number of benzene rings is 1. The standard InChI is InChI=1S/C16H20N4O4S/c1-9(25-16-19-18-15(22)20(16)11-5-6-11)14(21)17-10-4-7-12(23-2)13(8-10)24-3/h4,7-9,11H,5-6H2,1-3H3,(H,17,21)(H,18,22)/t9-/m0/s1. The quantitative estimate of drug-likeness (QED) is 0.730. The van der Waals surface area contributed by atoms with Crippen LogP contribution in [0.1, 0.15) is 25.8 Å². The minimum atomic E-state index is -0.416. The van der Waals surface area contributed by atoms with E-state index in [2.05, 4.69) is 15.5 Å². The van der Waals surface area contributed by atoms with E-state index in [0.29, 0.717) is 22.3 Å². The maximum Gasteiger partial charge on any atom is 0.344 e. The fourth-order valence-electron chi connectivity index (χ4n) is 2.40. The topological polar surface area (TPSA) is 98.2 Å². The molecule has 1 fully saturated rings. The third-order valence-corrected chi connectivity index (χ3v) is 4.95.